The first kappa shape index (κ1) is 25.4. The van der Waals surface area contributed by atoms with Crippen molar-refractivity contribution in [2.45, 2.75) is 57.2 Å². The van der Waals surface area contributed by atoms with Crippen LogP contribution in [0.3, 0.4) is 0 Å². The predicted octanol–water partition coefficient (Wildman–Crippen LogP) is 1.23. The standard InChI is InChI=1S/C18H35N5O3S.HI/c1-5-20-27(25,26)15-10-11-23(13-15)18(19-12-17(24)22(3)4)21-16-9-7-6-8-14(16)2;/h14-16,20H,5-13H2,1-4H3,(H,19,21);1H. The molecule has 1 saturated carbocycles. The summed E-state index contributed by atoms with van der Waals surface area (Å²) in [5.41, 5.74) is 0. The molecule has 1 heterocycles. The number of sulfonamides is 1. The van der Waals surface area contributed by atoms with Crippen molar-refractivity contribution in [3.05, 3.63) is 0 Å². The first-order valence-corrected chi connectivity index (χ1v) is 11.5. The van der Waals surface area contributed by atoms with Crippen LogP contribution in [0.4, 0.5) is 0 Å². The molecule has 3 unspecified atom stereocenters. The minimum atomic E-state index is -3.31. The maximum Gasteiger partial charge on any atom is 0.243 e. The Hall–Kier alpha value is -0.620. The fourth-order valence-corrected chi connectivity index (χ4v) is 5.14. The van der Waals surface area contributed by atoms with E-state index in [1.165, 1.54) is 24.2 Å². The number of halogens is 1. The maximum absolute atomic E-state index is 12.3. The summed E-state index contributed by atoms with van der Waals surface area (Å²) in [6.45, 7) is 5.52. The van der Waals surface area contributed by atoms with Crippen LogP contribution in [0.1, 0.15) is 46.0 Å². The summed E-state index contributed by atoms with van der Waals surface area (Å²) < 4.78 is 27.3. The number of rotatable bonds is 6. The third kappa shape index (κ3) is 7.01. The number of aliphatic imine (C=N–C) groups is 1. The van der Waals surface area contributed by atoms with Gasteiger partial charge in [-0.1, -0.05) is 26.7 Å². The van der Waals surface area contributed by atoms with E-state index < -0.39 is 15.3 Å². The Balaban J connectivity index is 0.00000392. The highest BCUT2D eigenvalue weighted by molar-refractivity contribution is 14.0. The summed E-state index contributed by atoms with van der Waals surface area (Å²) in [6.07, 6.45) is 5.26. The summed E-state index contributed by atoms with van der Waals surface area (Å²) in [4.78, 5) is 20.0. The van der Waals surface area contributed by atoms with Gasteiger partial charge in [-0.15, -0.1) is 24.0 Å². The van der Waals surface area contributed by atoms with Crippen LogP contribution in [0.2, 0.25) is 0 Å². The molecular weight excluding hydrogens is 493 g/mol. The van der Waals surface area contributed by atoms with Gasteiger partial charge in [0, 0.05) is 39.8 Å². The normalized spacial score (nSPS) is 25.9. The molecule has 2 N–H and O–H groups in total. The number of amides is 1. The monoisotopic (exact) mass is 529 g/mol. The van der Waals surface area contributed by atoms with Gasteiger partial charge in [0.1, 0.15) is 6.54 Å². The molecule has 0 aromatic rings. The SMILES string of the molecule is CCNS(=O)(=O)C1CCN(C(=NCC(=O)N(C)C)NC2CCCCC2C)C1.I. The van der Waals surface area contributed by atoms with Gasteiger partial charge >= 0.3 is 0 Å². The second kappa shape index (κ2) is 11.5. The van der Waals surface area contributed by atoms with Gasteiger partial charge in [-0.05, 0) is 25.2 Å². The molecule has 3 atom stereocenters. The lowest BCUT2D eigenvalue weighted by Gasteiger charge is -2.33. The highest BCUT2D eigenvalue weighted by atomic mass is 127. The Morgan fingerprint density at radius 2 is 1.89 bits per heavy atom. The number of carbonyl (C=O) groups is 1. The highest BCUT2D eigenvalue weighted by Crippen LogP contribution is 2.24. The topological polar surface area (TPSA) is 94.1 Å². The Kier molecular flexibility index (Phi) is 10.5. The van der Waals surface area contributed by atoms with E-state index in [9.17, 15) is 13.2 Å². The zero-order valence-corrected chi connectivity index (χ0v) is 20.6. The molecule has 0 aromatic carbocycles. The first-order chi connectivity index (χ1) is 12.7. The largest absolute Gasteiger partial charge is 0.353 e. The molecule has 1 saturated heterocycles. The van der Waals surface area contributed by atoms with E-state index in [-0.39, 0.29) is 36.4 Å². The van der Waals surface area contributed by atoms with Crippen molar-refractivity contribution in [2.75, 3.05) is 40.3 Å². The number of carbonyl (C=O) groups excluding carboxylic acids is 1. The van der Waals surface area contributed by atoms with Crippen molar-refractivity contribution in [3.63, 3.8) is 0 Å². The zero-order chi connectivity index (χ0) is 20.0. The van der Waals surface area contributed by atoms with Gasteiger partial charge in [0.05, 0.1) is 5.25 Å². The van der Waals surface area contributed by atoms with E-state index in [1.807, 2.05) is 4.90 Å². The third-order valence-electron chi connectivity index (χ3n) is 5.52. The van der Waals surface area contributed by atoms with Gasteiger partial charge in [-0.25, -0.2) is 18.1 Å². The average molecular weight is 529 g/mol. The Bertz CT molecular complexity index is 641. The lowest BCUT2D eigenvalue weighted by atomic mass is 9.86. The van der Waals surface area contributed by atoms with Gasteiger partial charge in [-0.2, -0.15) is 0 Å². The molecule has 2 fully saturated rings. The molecule has 28 heavy (non-hydrogen) atoms. The molecule has 0 bridgehead atoms. The Morgan fingerprint density at radius 1 is 1.21 bits per heavy atom. The van der Waals surface area contributed by atoms with E-state index >= 15 is 0 Å². The van der Waals surface area contributed by atoms with Gasteiger partial charge < -0.3 is 15.1 Å². The average Bonchev–Trinajstić information content (AvgIpc) is 3.10. The third-order valence-corrected chi connectivity index (χ3v) is 7.47. The maximum atomic E-state index is 12.3. The second-order valence-corrected chi connectivity index (χ2v) is 9.89. The quantitative estimate of drug-likeness (QED) is 0.307. The Morgan fingerprint density at radius 3 is 2.50 bits per heavy atom. The second-order valence-electron chi connectivity index (χ2n) is 7.84. The molecule has 0 radical (unpaired) electrons. The van der Waals surface area contributed by atoms with Crippen molar-refractivity contribution in [1.82, 2.24) is 19.8 Å². The van der Waals surface area contributed by atoms with Crippen molar-refractivity contribution < 1.29 is 13.2 Å². The highest BCUT2D eigenvalue weighted by Gasteiger charge is 2.35. The van der Waals surface area contributed by atoms with Gasteiger partial charge in [0.25, 0.3) is 0 Å². The van der Waals surface area contributed by atoms with E-state index in [0.717, 1.165) is 6.42 Å². The molecule has 1 amide bonds. The number of hydrogen-bond acceptors (Lipinski definition) is 4. The fourth-order valence-electron chi connectivity index (χ4n) is 3.71. The van der Waals surface area contributed by atoms with E-state index in [1.54, 1.807) is 21.0 Å². The zero-order valence-electron chi connectivity index (χ0n) is 17.5. The van der Waals surface area contributed by atoms with Crippen molar-refractivity contribution >= 4 is 45.9 Å². The molecule has 1 aliphatic heterocycles. The molecule has 164 valence electrons. The van der Waals surface area contributed by atoms with Crippen LogP contribution in [0.5, 0.6) is 0 Å². The lowest BCUT2D eigenvalue weighted by Crippen LogP contribution is -2.49. The number of nitrogens with zero attached hydrogens (tertiary/aromatic N) is 3. The van der Waals surface area contributed by atoms with Crippen LogP contribution in [0.15, 0.2) is 4.99 Å². The van der Waals surface area contributed by atoms with Crippen LogP contribution in [-0.4, -0.2) is 81.7 Å². The van der Waals surface area contributed by atoms with E-state index in [4.69, 9.17) is 0 Å². The predicted molar refractivity (Wildman–Crippen MR) is 124 cm³/mol. The molecular formula is C18H36IN5O3S. The van der Waals surface area contributed by atoms with Crippen LogP contribution in [0, 0.1) is 5.92 Å². The molecule has 0 spiro atoms. The minimum Gasteiger partial charge on any atom is -0.353 e. The summed E-state index contributed by atoms with van der Waals surface area (Å²) in [6, 6.07) is 0.316. The first-order valence-electron chi connectivity index (χ1n) is 9.99. The number of hydrogen-bond donors (Lipinski definition) is 2. The Labute approximate surface area is 187 Å². The number of likely N-dealkylation sites (tertiary alicyclic amines) is 1. The van der Waals surface area contributed by atoms with Crippen LogP contribution >= 0.6 is 24.0 Å². The number of nitrogens with one attached hydrogen (secondary N) is 2. The van der Waals surface area contributed by atoms with Crippen LogP contribution in [-0.2, 0) is 14.8 Å². The van der Waals surface area contributed by atoms with E-state index in [2.05, 4.69) is 22.0 Å². The summed E-state index contributed by atoms with van der Waals surface area (Å²) in [7, 11) is 0.108. The molecule has 2 rings (SSSR count). The minimum absolute atomic E-state index is 0. The summed E-state index contributed by atoms with van der Waals surface area (Å²) in [5, 5.41) is 3.09. The number of likely N-dealkylation sites (N-methyl/N-ethyl adjacent to an activating group) is 1. The van der Waals surface area contributed by atoms with Gasteiger partial charge in [0.15, 0.2) is 5.96 Å². The molecule has 8 nitrogen and oxygen atoms in total. The van der Waals surface area contributed by atoms with Crippen molar-refractivity contribution in [1.29, 1.82) is 0 Å². The van der Waals surface area contributed by atoms with Crippen LogP contribution < -0.4 is 10.0 Å². The van der Waals surface area contributed by atoms with Gasteiger partial charge in [0.2, 0.25) is 15.9 Å². The molecule has 10 heteroatoms. The smallest absolute Gasteiger partial charge is 0.243 e. The fraction of sp³-hybridized carbons (Fsp3) is 0.889. The molecule has 0 aromatic heterocycles. The van der Waals surface area contributed by atoms with Crippen molar-refractivity contribution in [3.8, 4) is 0 Å². The van der Waals surface area contributed by atoms with Crippen LogP contribution in [0.25, 0.3) is 0 Å². The number of guanidine groups is 1. The summed E-state index contributed by atoms with van der Waals surface area (Å²) in [5.74, 6) is 1.14. The lowest BCUT2D eigenvalue weighted by molar-refractivity contribution is -0.127. The molecule has 1 aliphatic carbocycles. The van der Waals surface area contributed by atoms with Gasteiger partial charge in [-0.3, -0.25) is 4.79 Å². The van der Waals surface area contributed by atoms with E-state index in [0.29, 0.717) is 44.0 Å². The van der Waals surface area contributed by atoms with Crippen molar-refractivity contribution in [2.24, 2.45) is 10.9 Å². The molecule has 2 aliphatic rings. The summed E-state index contributed by atoms with van der Waals surface area (Å²) >= 11 is 0.